The van der Waals surface area contributed by atoms with Crippen molar-refractivity contribution >= 4 is 6.29 Å². The second-order valence-electron chi connectivity index (χ2n) is 5.11. The molecule has 0 aliphatic heterocycles. The van der Waals surface area contributed by atoms with E-state index < -0.39 is 23.5 Å². The predicted octanol–water partition coefficient (Wildman–Crippen LogP) is 4.57. The van der Waals surface area contributed by atoms with E-state index in [1.165, 1.54) is 24.3 Å². The van der Waals surface area contributed by atoms with Crippen molar-refractivity contribution in [1.29, 1.82) is 0 Å². The van der Waals surface area contributed by atoms with Gasteiger partial charge in [0.05, 0.1) is 5.92 Å². The highest BCUT2D eigenvalue weighted by molar-refractivity contribution is 5.87. The fourth-order valence-corrected chi connectivity index (χ4v) is 2.38. The molecule has 0 bridgehead atoms. The molecular weight excluding hydrogens is 284 g/mol. The zero-order chi connectivity index (χ0) is 15.2. The van der Waals surface area contributed by atoms with Gasteiger partial charge in [0.1, 0.15) is 0 Å². The van der Waals surface area contributed by atoms with Crippen LogP contribution in [0.5, 0.6) is 0 Å². The maximum Gasteiger partial charge on any atom is 0.255 e. The van der Waals surface area contributed by atoms with Crippen molar-refractivity contribution in [3.05, 3.63) is 59.2 Å². The van der Waals surface area contributed by atoms with Gasteiger partial charge in [0.15, 0.2) is 17.9 Å². The molecule has 1 unspecified atom stereocenters. The third-order valence-electron chi connectivity index (χ3n) is 3.67. The van der Waals surface area contributed by atoms with E-state index in [4.69, 9.17) is 0 Å². The average molecular weight is 294 g/mol. The standard InChI is InChI=1S/C16H10F4O/c17-14-5-11(8-21)12(6-15(14)18)9-1-3-10(4-2-9)13-7-16(13,19)20/h1-6,8,13H,7H2. The fraction of sp³-hybridized carbons (Fsp3) is 0.188. The summed E-state index contributed by atoms with van der Waals surface area (Å²) in [6.45, 7) is 0. The molecule has 0 radical (unpaired) electrons. The average Bonchev–Trinajstić information content (AvgIpc) is 3.10. The van der Waals surface area contributed by atoms with Crippen LogP contribution >= 0.6 is 0 Å². The lowest BCUT2D eigenvalue weighted by atomic mass is 9.98. The highest BCUT2D eigenvalue weighted by Gasteiger charge is 2.57. The lowest BCUT2D eigenvalue weighted by molar-refractivity contribution is 0.111. The minimum atomic E-state index is -2.66. The maximum atomic E-state index is 13.3. The van der Waals surface area contributed by atoms with E-state index in [1.54, 1.807) is 0 Å². The first-order chi connectivity index (χ1) is 9.92. The molecule has 1 atom stereocenters. The van der Waals surface area contributed by atoms with E-state index in [1.807, 2.05) is 0 Å². The molecule has 2 aromatic carbocycles. The highest BCUT2D eigenvalue weighted by Crippen LogP contribution is 2.55. The number of alkyl halides is 2. The molecule has 0 amide bonds. The summed E-state index contributed by atoms with van der Waals surface area (Å²) in [5.74, 6) is -5.59. The smallest absolute Gasteiger partial charge is 0.255 e. The Hall–Kier alpha value is -2.17. The van der Waals surface area contributed by atoms with E-state index in [0.717, 1.165) is 12.1 Å². The van der Waals surface area contributed by atoms with Gasteiger partial charge in [0, 0.05) is 12.0 Å². The number of carbonyl (C=O) groups excluding carboxylic acids is 1. The topological polar surface area (TPSA) is 17.1 Å². The van der Waals surface area contributed by atoms with Gasteiger partial charge in [-0.3, -0.25) is 4.79 Å². The first-order valence-corrected chi connectivity index (χ1v) is 6.35. The van der Waals surface area contributed by atoms with Crippen LogP contribution in [0.3, 0.4) is 0 Å². The third-order valence-corrected chi connectivity index (χ3v) is 3.67. The Balaban J connectivity index is 1.98. The molecule has 0 heterocycles. The van der Waals surface area contributed by atoms with Crippen LogP contribution in [-0.4, -0.2) is 12.2 Å². The summed E-state index contributed by atoms with van der Waals surface area (Å²) in [7, 11) is 0. The summed E-state index contributed by atoms with van der Waals surface area (Å²) < 4.78 is 52.4. The Labute approximate surface area is 118 Å². The number of carbonyl (C=O) groups is 1. The van der Waals surface area contributed by atoms with E-state index in [9.17, 15) is 22.4 Å². The van der Waals surface area contributed by atoms with Gasteiger partial charge in [-0.15, -0.1) is 0 Å². The third kappa shape index (κ3) is 2.44. The van der Waals surface area contributed by atoms with Crippen LogP contribution in [0.4, 0.5) is 17.6 Å². The SMILES string of the molecule is O=Cc1cc(F)c(F)cc1-c1ccc(C2CC2(F)F)cc1. The van der Waals surface area contributed by atoms with Gasteiger partial charge in [0.2, 0.25) is 0 Å². The van der Waals surface area contributed by atoms with Crippen LogP contribution in [0.15, 0.2) is 36.4 Å². The molecule has 1 aliphatic rings. The van der Waals surface area contributed by atoms with Gasteiger partial charge in [-0.25, -0.2) is 17.6 Å². The first-order valence-electron chi connectivity index (χ1n) is 6.35. The summed E-state index contributed by atoms with van der Waals surface area (Å²) in [6, 6.07) is 7.86. The molecule has 1 aliphatic carbocycles. The molecule has 0 N–H and O–H groups in total. The van der Waals surface area contributed by atoms with Gasteiger partial charge >= 0.3 is 0 Å². The fourth-order valence-electron chi connectivity index (χ4n) is 2.38. The molecule has 0 aromatic heterocycles. The van der Waals surface area contributed by atoms with Crippen LogP contribution in [0, 0.1) is 11.6 Å². The lowest BCUT2D eigenvalue weighted by Gasteiger charge is -2.07. The molecule has 108 valence electrons. The number of hydrogen-bond donors (Lipinski definition) is 0. The summed E-state index contributed by atoms with van der Waals surface area (Å²) in [6.07, 6.45) is 0.262. The Morgan fingerprint density at radius 1 is 1.05 bits per heavy atom. The van der Waals surface area contributed by atoms with Crippen molar-refractivity contribution in [2.45, 2.75) is 18.3 Å². The lowest BCUT2D eigenvalue weighted by Crippen LogP contribution is -1.95. The summed E-state index contributed by atoms with van der Waals surface area (Å²) >= 11 is 0. The minimum Gasteiger partial charge on any atom is -0.298 e. The number of rotatable bonds is 3. The van der Waals surface area contributed by atoms with E-state index in [-0.39, 0.29) is 17.5 Å². The zero-order valence-corrected chi connectivity index (χ0v) is 10.7. The summed E-state index contributed by atoms with van der Waals surface area (Å²) in [4.78, 5) is 10.9. The van der Waals surface area contributed by atoms with Gasteiger partial charge < -0.3 is 0 Å². The quantitative estimate of drug-likeness (QED) is 0.599. The number of aldehydes is 1. The largest absolute Gasteiger partial charge is 0.298 e. The van der Waals surface area contributed by atoms with Gasteiger partial charge in [-0.2, -0.15) is 0 Å². The van der Waals surface area contributed by atoms with Crippen molar-refractivity contribution in [3.63, 3.8) is 0 Å². The Bertz CT molecular complexity index is 707. The van der Waals surface area contributed by atoms with E-state index >= 15 is 0 Å². The Morgan fingerprint density at radius 3 is 2.14 bits per heavy atom. The first kappa shape index (κ1) is 13.8. The molecule has 1 nitrogen and oxygen atoms in total. The maximum absolute atomic E-state index is 13.3. The molecule has 2 aromatic rings. The van der Waals surface area contributed by atoms with Crippen LogP contribution in [-0.2, 0) is 0 Å². The minimum absolute atomic E-state index is 0.0124. The molecule has 3 rings (SSSR count). The van der Waals surface area contributed by atoms with Crippen LogP contribution in [0.25, 0.3) is 11.1 Å². The van der Waals surface area contributed by atoms with Crippen LogP contribution < -0.4 is 0 Å². The molecule has 5 heteroatoms. The monoisotopic (exact) mass is 294 g/mol. The van der Waals surface area contributed by atoms with Crippen molar-refractivity contribution < 1.29 is 22.4 Å². The van der Waals surface area contributed by atoms with Gasteiger partial charge in [0.25, 0.3) is 5.92 Å². The normalized spacial score (nSPS) is 19.3. The zero-order valence-electron chi connectivity index (χ0n) is 10.7. The molecule has 21 heavy (non-hydrogen) atoms. The predicted molar refractivity (Wildman–Crippen MR) is 69.5 cm³/mol. The van der Waals surface area contributed by atoms with E-state index in [2.05, 4.69) is 0 Å². The summed E-state index contributed by atoms with van der Waals surface area (Å²) in [5, 5.41) is 0. The van der Waals surface area contributed by atoms with Crippen LogP contribution in [0.2, 0.25) is 0 Å². The van der Waals surface area contributed by atoms with Crippen molar-refractivity contribution in [1.82, 2.24) is 0 Å². The van der Waals surface area contributed by atoms with Gasteiger partial charge in [-0.05, 0) is 28.8 Å². The number of benzene rings is 2. The Morgan fingerprint density at radius 2 is 1.62 bits per heavy atom. The summed E-state index contributed by atoms with van der Waals surface area (Å²) in [5.41, 5.74) is 1.22. The Kier molecular flexibility index (Phi) is 3.08. The second kappa shape index (κ2) is 4.69. The van der Waals surface area contributed by atoms with Gasteiger partial charge in [-0.1, -0.05) is 24.3 Å². The molecule has 1 fully saturated rings. The number of hydrogen-bond acceptors (Lipinski definition) is 1. The van der Waals surface area contributed by atoms with E-state index in [0.29, 0.717) is 17.4 Å². The molecular formula is C16H10F4O. The van der Waals surface area contributed by atoms with Crippen molar-refractivity contribution in [3.8, 4) is 11.1 Å². The van der Waals surface area contributed by atoms with Crippen LogP contribution in [0.1, 0.15) is 28.3 Å². The highest BCUT2D eigenvalue weighted by atomic mass is 19.3. The number of halogens is 4. The molecule has 0 saturated heterocycles. The van der Waals surface area contributed by atoms with Crippen molar-refractivity contribution in [2.24, 2.45) is 0 Å². The second-order valence-corrected chi connectivity index (χ2v) is 5.11. The molecule has 0 spiro atoms. The van der Waals surface area contributed by atoms with Crippen molar-refractivity contribution in [2.75, 3.05) is 0 Å². The molecule has 1 saturated carbocycles.